The summed E-state index contributed by atoms with van der Waals surface area (Å²) in [6.07, 6.45) is 4.15. The molecule has 0 unspecified atom stereocenters. The lowest BCUT2D eigenvalue weighted by atomic mass is 10.2. The fourth-order valence-electron chi connectivity index (χ4n) is 1.92. The third-order valence-corrected chi connectivity index (χ3v) is 4.13. The molecule has 0 saturated carbocycles. The minimum absolute atomic E-state index is 0.0443. The lowest BCUT2D eigenvalue weighted by Crippen LogP contribution is -2.36. The van der Waals surface area contributed by atoms with Gasteiger partial charge in [0.25, 0.3) is 0 Å². The molecule has 0 aromatic carbocycles. The molecule has 2 rings (SSSR count). The second-order valence-electron chi connectivity index (χ2n) is 4.81. The van der Waals surface area contributed by atoms with E-state index in [4.69, 9.17) is 4.74 Å². The number of carbonyl (C=O) groups excluding carboxylic acids is 1. The van der Waals surface area contributed by atoms with Gasteiger partial charge in [-0.3, -0.25) is 4.79 Å². The molecule has 0 bridgehead atoms. The van der Waals surface area contributed by atoms with Gasteiger partial charge in [-0.25, -0.2) is 4.98 Å². The summed E-state index contributed by atoms with van der Waals surface area (Å²) in [7, 11) is 0. The van der Waals surface area contributed by atoms with Crippen LogP contribution in [-0.2, 0) is 9.53 Å². The van der Waals surface area contributed by atoms with Crippen LogP contribution in [0, 0.1) is 6.92 Å². The molecule has 1 aromatic rings. The van der Waals surface area contributed by atoms with Crippen LogP contribution in [0.4, 0.5) is 0 Å². The van der Waals surface area contributed by atoms with Gasteiger partial charge in [0.05, 0.1) is 16.4 Å². The fourth-order valence-corrected chi connectivity index (χ4v) is 2.73. The largest absolute Gasteiger partial charge is 0.376 e. The third-order valence-electron chi connectivity index (χ3n) is 3.08. The molecule has 104 valence electrons. The van der Waals surface area contributed by atoms with Crippen LogP contribution < -0.4 is 5.32 Å². The van der Waals surface area contributed by atoms with Crippen molar-refractivity contribution in [2.24, 2.45) is 0 Å². The smallest absolute Gasteiger partial charge is 0.233 e. The highest BCUT2D eigenvalue weighted by molar-refractivity contribution is 8.00. The molecular weight excluding hydrogens is 260 g/mol. The van der Waals surface area contributed by atoms with Crippen LogP contribution in [0.25, 0.3) is 0 Å². The average Bonchev–Trinajstić information content (AvgIpc) is 2.91. The first-order valence-corrected chi connectivity index (χ1v) is 7.52. The van der Waals surface area contributed by atoms with Gasteiger partial charge in [0.1, 0.15) is 0 Å². The number of hydrogen-bond acceptors (Lipinski definition) is 4. The number of pyridine rings is 1. The van der Waals surface area contributed by atoms with Crippen LogP contribution in [0.5, 0.6) is 0 Å². The van der Waals surface area contributed by atoms with E-state index in [9.17, 15) is 4.79 Å². The Morgan fingerprint density at radius 2 is 2.47 bits per heavy atom. The molecule has 19 heavy (non-hydrogen) atoms. The van der Waals surface area contributed by atoms with Gasteiger partial charge in [-0.15, -0.1) is 0 Å². The van der Waals surface area contributed by atoms with Gasteiger partial charge in [-0.05, 0) is 38.3 Å². The van der Waals surface area contributed by atoms with Gasteiger partial charge in [-0.2, -0.15) is 0 Å². The van der Waals surface area contributed by atoms with E-state index in [0.717, 1.165) is 30.0 Å². The summed E-state index contributed by atoms with van der Waals surface area (Å²) in [5, 5.41) is 3.68. The molecule has 5 heteroatoms. The van der Waals surface area contributed by atoms with Gasteiger partial charge < -0.3 is 10.1 Å². The molecule has 0 spiro atoms. The molecule has 1 fully saturated rings. The second-order valence-corrected chi connectivity index (χ2v) is 6.18. The van der Waals surface area contributed by atoms with Crippen molar-refractivity contribution in [2.45, 2.75) is 43.1 Å². The molecule has 2 atom stereocenters. The molecule has 1 saturated heterocycles. The third kappa shape index (κ3) is 4.51. The summed E-state index contributed by atoms with van der Waals surface area (Å²) in [5.74, 6) is 0.0443. The van der Waals surface area contributed by atoms with Crippen LogP contribution in [0.3, 0.4) is 0 Å². The molecule has 1 aliphatic heterocycles. The Morgan fingerprint density at radius 3 is 3.11 bits per heavy atom. The number of amides is 1. The highest BCUT2D eigenvalue weighted by atomic mass is 32.2. The molecule has 4 nitrogen and oxygen atoms in total. The van der Waals surface area contributed by atoms with Crippen molar-refractivity contribution in [3.05, 3.63) is 23.9 Å². The highest BCUT2D eigenvalue weighted by Crippen LogP contribution is 2.21. The van der Waals surface area contributed by atoms with E-state index in [1.807, 2.05) is 32.2 Å². The van der Waals surface area contributed by atoms with Crippen LogP contribution in [0.2, 0.25) is 0 Å². The normalized spacial score (nSPS) is 20.2. The molecular formula is C14H20N2O2S. The Hall–Kier alpha value is -1.07. The Kier molecular flexibility index (Phi) is 5.22. The highest BCUT2D eigenvalue weighted by Gasteiger charge is 2.19. The Balaban J connectivity index is 1.76. The molecule has 1 amide bonds. The van der Waals surface area contributed by atoms with Crippen LogP contribution >= 0.6 is 11.8 Å². The molecule has 0 aliphatic carbocycles. The van der Waals surface area contributed by atoms with Gasteiger partial charge in [-0.1, -0.05) is 17.8 Å². The SMILES string of the molecule is Cc1ccc(S[C@@H](C)C(=O)NC[C@@H]2CCCO2)nc1. The number of nitrogens with zero attached hydrogens (tertiary/aromatic N) is 1. The van der Waals surface area contributed by atoms with Crippen molar-refractivity contribution in [2.75, 3.05) is 13.2 Å². The van der Waals surface area contributed by atoms with Gasteiger partial charge in [0.2, 0.25) is 5.91 Å². The number of rotatable bonds is 5. The summed E-state index contributed by atoms with van der Waals surface area (Å²) in [6, 6.07) is 3.95. The first kappa shape index (κ1) is 14.3. The number of carbonyl (C=O) groups is 1. The molecule has 2 heterocycles. The van der Waals surface area contributed by atoms with E-state index in [1.54, 1.807) is 0 Å². The van der Waals surface area contributed by atoms with Crippen molar-refractivity contribution in [1.29, 1.82) is 0 Å². The zero-order chi connectivity index (χ0) is 13.7. The van der Waals surface area contributed by atoms with E-state index in [2.05, 4.69) is 10.3 Å². The number of ether oxygens (including phenoxy) is 1. The first-order valence-electron chi connectivity index (χ1n) is 6.64. The maximum absolute atomic E-state index is 12.0. The van der Waals surface area contributed by atoms with Crippen molar-refractivity contribution in [1.82, 2.24) is 10.3 Å². The lowest BCUT2D eigenvalue weighted by Gasteiger charge is -2.14. The Bertz CT molecular complexity index is 416. The van der Waals surface area contributed by atoms with Crippen LogP contribution in [0.15, 0.2) is 23.4 Å². The number of aryl methyl sites for hydroxylation is 1. The predicted octanol–water partition coefficient (Wildman–Crippen LogP) is 2.17. The molecule has 1 aromatic heterocycles. The summed E-state index contributed by atoms with van der Waals surface area (Å²) < 4.78 is 5.48. The minimum Gasteiger partial charge on any atom is -0.376 e. The van der Waals surface area contributed by atoms with E-state index in [1.165, 1.54) is 11.8 Å². The van der Waals surface area contributed by atoms with Gasteiger partial charge >= 0.3 is 0 Å². The number of thioether (sulfide) groups is 1. The number of aromatic nitrogens is 1. The van der Waals surface area contributed by atoms with E-state index < -0.39 is 0 Å². The maximum atomic E-state index is 12.0. The topological polar surface area (TPSA) is 51.2 Å². The van der Waals surface area contributed by atoms with Crippen molar-refractivity contribution in [3.8, 4) is 0 Å². The minimum atomic E-state index is -0.142. The van der Waals surface area contributed by atoms with E-state index in [-0.39, 0.29) is 17.3 Å². The van der Waals surface area contributed by atoms with Gasteiger partial charge in [0.15, 0.2) is 0 Å². The summed E-state index contributed by atoms with van der Waals surface area (Å²) in [6.45, 7) is 5.33. The monoisotopic (exact) mass is 280 g/mol. The quantitative estimate of drug-likeness (QED) is 0.840. The van der Waals surface area contributed by atoms with Crippen molar-refractivity contribution < 1.29 is 9.53 Å². The number of nitrogens with one attached hydrogen (secondary N) is 1. The summed E-state index contributed by atoms with van der Waals surface area (Å²) >= 11 is 1.48. The first-order chi connectivity index (χ1) is 9.15. The lowest BCUT2D eigenvalue weighted by molar-refractivity contribution is -0.120. The zero-order valence-electron chi connectivity index (χ0n) is 11.4. The standard InChI is InChI=1S/C14H20N2O2S/c1-10-5-6-13(15-8-10)19-11(2)14(17)16-9-12-4-3-7-18-12/h5-6,8,11-12H,3-4,7,9H2,1-2H3,(H,16,17)/t11-,12-/m0/s1. The fraction of sp³-hybridized carbons (Fsp3) is 0.571. The van der Waals surface area contributed by atoms with Crippen LogP contribution in [0.1, 0.15) is 25.3 Å². The summed E-state index contributed by atoms with van der Waals surface area (Å²) in [4.78, 5) is 16.3. The Labute approximate surface area is 118 Å². The molecule has 1 aliphatic rings. The van der Waals surface area contributed by atoms with Crippen molar-refractivity contribution >= 4 is 17.7 Å². The van der Waals surface area contributed by atoms with E-state index in [0.29, 0.717) is 6.54 Å². The molecule has 0 radical (unpaired) electrons. The second kappa shape index (κ2) is 6.91. The van der Waals surface area contributed by atoms with Crippen molar-refractivity contribution in [3.63, 3.8) is 0 Å². The summed E-state index contributed by atoms with van der Waals surface area (Å²) in [5.41, 5.74) is 1.12. The maximum Gasteiger partial charge on any atom is 0.233 e. The zero-order valence-corrected chi connectivity index (χ0v) is 12.2. The van der Waals surface area contributed by atoms with Crippen LogP contribution in [-0.4, -0.2) is 35.4 Å². The Morgan fingerprint density at radius 1 is 1.63 bits per heavy atom. The van der Waals surface area contributed by atoms with E-state index >= 15 is 0 Å². The molecule has 1 N–H and O–H groups in total. The predicted molar refractivity (Wildman–Crippen MR) is 76.3 cm³/mol. The number of hydrogen-bond donors (Lipinski definition) is 1. The van der Waals surface area contributed by atoms with Gasteiger partial charge in [0, 0.05) is 19.3 Å². The average molecular weight is 280 g/mol.